The average Bonchev–Trinajstić information content (AvgIpc) is 3.72. The molecule has 0 atom stereocenters. The van der Waals surface area contributed by atoms with Crippen molar-refractivity contribution in [3.8, 4) is 22.3 Å². The first-order valence-electron chi connectivity index (χ1n) is 12.2. The highest BCUT2D eigenvalue weighted by atomic mass is 35.5. The highest BCUT2D eigenvalue weighted by Gasteiger charge is 2.16. The lowest BCUT2D eigenvalue weighted by molar-refractivity contribution is 1.28. The lowest BCUT2D eigenvalue weighted by Crippen LogP contribution is -1.89. The zero-order chi connectivity index (χ0) is 25.6. The van der Waals surface area contributed by atoms with Crippen LogP contribution in [0.25, 0.3) is 68.6 Å². The Balaban J connectivity index is 1.59. The molecule has 8 bridgehead atoms. The minimum absolute atomic E-state index is 0.657. The van der Waals surface area contributed by atoms with E-state index in [1.807, 2.05) is 85.0 Å². The van der Waals surface area contributed by atoms with Crippen molar-refractivity contribution in [2.75, 3.05) is 0 Å². The predicted octanol–water partition coefficient (Wildman–Crippen LogP) is 9.30. The van der Waals surface area contributed by atoms with E-state index in [9.17, 15) is 0 Å². The number of halogens is 2. The zero-order valence-electron chi connectivity index (χ0n) is 20.0. The number of H-pyrrole nitrogens is 2. The summed E-state index contributed by atoms with van der Waals surface area (Å²) in [5.41, 5.74) is 10.8. The quantitative estimate of drug-likeness (QED) is 0.234. The fourth-order valence-corrected chi connectivity index (χ4v) is 5.43. The number of nitrogens with one attached hydrogen (secondary N) is 2. The van der Waals surface area contributed by atoms with Crippen LogP contribution >= 0.6 is 23.2 Å². The van der Waals surface area contributed by atoms with Crippen LogP contribution in [0.2, 0.25) is 10.0 Å². The van der Waals surface area contributed by atoms with Crippen molar-refractivity contribution in [1.82, 2.24) is 19.9 Å². The summed E-state index contributed by atoms with van der Waals surface area (Å²) < 4.78 is 0. The van der Waals surface area contributed by atoms with Crippen molar-refractivity contribution >= 4 is 69.6 Å². The third-order valence-corrected chi connectivity index (χ3v) is 7.34. The molecule has 182 valence electrons. The maximum Gasteiger partial charge on any atom is 0.0738 e. The maximum atomic E-state index is 6.67. The SMILES string of the molecule is Clc1ccccc1-c1c2nc(cc3ccc([nH]3)c(-c3ccccc3Cl)c3ccc(cc4nc1C=C4)[nH]3)C=C2. The van der Waals surface area contributed by atoms with Gasteiger partial charge < -0.3 is 9.97 Å². The highest BCUT2D eigenvalue weighted by molar-refractivity contribution is 6.34. The van der Waals surface area contributed by atoms with Crippen molar-refractivity contribution in [3.05, 3.63) is 118 Å². The van der Waals surface area contributed by atoms with Crippen molar-refractivity contribution < 1.29 is 0 Å². The number of aromatic nitrogens is 4. The first kappa shape index (κ1) is 22.8. The molecule has 0 fully saturated rings. The van der Waals surface area contributed by atoms with E-state index in [0.29, 0.717) is 10.0 Å². The molecule has 5 aromatic rings. The Bertz CT molecular complexity index is 1870. The molecule has 2 aromatic carbocycles. The van der Waals surface area contributed by atoms with Crippen LogP contribution in [0.1, 0.15) is 22.8 Å². The van der Waals surface area contributed by atoms with E-state index in [2.05, 4.69) is 34.2 Å². The fraction of sp³-hybridized carbons (Fsp3) is 0. The van der Waals surface area contributed by atoms with Crippen molar-refractivity contribution in [2.45, 2.75) is 0 Å². The minimum atomic E-state index is 0.657. The van der Waals surface area contributed by atoms with Gasteiger partial charge in [-0.3, -0.25) is 0 Å². The summed E-state index contributed by atoms with van der Waals surface area (Å²) in [6.45, 7) is 0. The molecule has 2 aliphatic heterocycles. The molecule has 3 aromatic heterocycles. The first-order valence-corrected chi connectivity index (χ1v) is 13.0. The van der Waals surface area contributed by atoms with Crippen LogP contribution < -0.4 is 0 Å². The molecular formula is C32H20Cl2N4. The van der Waals surface area contributed by atoms with Crippen molar-refractivity contribution in [2.24, 2.45) is 0 Å². The first-order chi connectivity index (χ1) is 18.6. The second-order valence-corrected chi connectivity index (χ2v) is 9.98. The van der Waals surface area contributed by atoms with Gasteiger partial charge in [-0.15, -0.1) is 0 Å². The summed E-state index contributed by atoms with van der Waals surface area (Å²) in [6.07, 6.45) is 8.05. The molecule has 0 saturated heterocycles. The van der Waals surface area contributed by atoms with Crippen molar-refractivity contribution in [3.63, 3.8) is 0 Å². The Morgan fingerprint density at radius 1 is 0.500 bits per heavy atom. The molecule has 38 heavy (non-hydrogen) atoms. The molecular weight excluding hydrogens is 511 g/mol. The summed E-state index contributed by atoms with van der Waals surface area (Å²) >= 11 is 13.3. The lowest BCUT2D eigenvalue weighted by Gasteiger charge is -2.06. The third kappa shape index (κ3) is 4.04. The van der Waals surface area contributed by atoms with E-state index in [4.69, 9.17) is 33.2 Å². The number of hydrogen-bond acceptors (Lipinski definition) is 2. The minimum Gasteiger partial charge on any atom is -0.355 e. The Morgan fingerprint density at radius 2 is 0.974 bits per heavy atom. The van der Waals surface area contributed by atoms with E-state index in [0.717, 1.165) is 67.1 Å². The zero-order valence-corrected chi connectivity index (χ0v) is 21.6. The molecule has 0 radical (unpaired) electrons. The van der Waals surface area contributed by atoms with E-state index in [-0.39, 0.29) is 0 Å². The standard InChI is InChI=1S/C32H20Cl2N4/c33-25-7-3-1-5-23(25)31-27-13-9-19(35-27)17-21-11-15-29(37-21)32(24-6-2-4-8-26(24)34)30-16-12-22(38-30)18-20-10-14-28(31)36-20/h1-18,35-36H. The van der Waals surface area contributed by atoms with Gasteiger partial charge in [-0.25, -0.2) is 9.97 Å². The average molecular weight is 531 g/mol. The van der Waals surface area contributed by atoms with Gasteiger partial charge in [0, 0.05) is 54.4 Å². The van der Waals surface area contributed by atoms with Gasteiger partial charge in [0.2, 0.25) is 0 Å². The molecule has 2 aliphatic rings. The molecule has 6 heteroatoms. The Morgan fingerprint density at radius 3 is 1.47 bits per heavy atom. The molecule has 0 unspecified atom stereocenters. The summed E-state index contributed by atoms with van der Waals surface area (Å²) in [7, 11) is 0. The van der Waals surface area contributed by atoms with Gasteiger partial charge in [-0.1, -0.05) is 59.6 Å². The normalized spacial score (nSPS) is 12.3. The second-order valence-electron chi connectivity index (χ2n) is 9.16. The van der Waals surface area contributed by atoms with Gasteiger partial charge in [-0.05, 0) is 72.8 Å². The summed E-state index contributed by atoms with van der Waals surface area (Å²) in [5.74, 6) is 0. The molecule has 7 rings (SSSR count). The van der Waals surface area contributed by atoms with E-state index in [1.54, 1.807) is 0 Å². The van der Waals surface area contributed by atoms with Gasteiger partial charge in [-0.2, -0.15) is 0 Å². The lowest BCUT2D eigenvalue weighted by atomic mass is 10.0. The molecule has 0 amide bonds. The monoisotopic (exact) mass is 530 g/mol. The molecule has 0 aliphatic carbocycles. The van der Waals surface area contributed by atoms with Gasteiger partial charge in [0.15, 0.2) is 0 Å². The number of nitrogens with zero attached hydrogens (tertiary/aromatic N) is 2. The number of rotatable bonds is 2. The van der Waals surface area contributed by atoms with Crippen LogP contribution in [0, 0.1) is 0 Å². The number of hydrogen-bond donors (Lipinski definition) is 2. The van der Waals surface area contributed by atoms with Crippen LogP contribution in [-0.2, 0) is 0 Å². The number of benzene rings is 2. The molecule has 0 spiro atoms. The van der Waals surface area contributed by atoms with Gasteiger partial charge in [0.25, 0.3) is 0 Å². The molecule has 5 heterocycles. The van der Waals surface area contributed by atoms with Gasteiger partial charge in [0.1, 0.15) is 0 Å². The van der Waals surface area contributed by atoms with E-state index in [1.165, 1.54) is 0 Å². The van der Waals surface area contributed by atoms with Gasteiger partial charge in [0.05, 0.1) is 22.8 Å². The molecule has 2 N–H and O–H groups in total. The summed E-state index contributed by atoms with van der Waals surface area (Å²) in [4.78, 5) is 17.0. The second kappa shape index (κ2) is 9.18. The van der Waals surface area contributed by atoms with E-state index >= 15 is 0 Å². The Kier molecular flexibility index (Phi) is 5.50. The maximum absolute atomic E-state index is 6.67. The number of aromatic amines is 2. The van der Waals surface area contributed by atoms with Crippen LogP contribution in [0.15, 0.2) is 84.9 Å². The summed E-state index contributed by atoms with van der Waals surface area (Å²) in [6, 6.07) is 28.0. The van der Waals surface area contributed by atoms with Crippen LogP contribution in [0.3, 0.4) is 0 Å². The fourth-order valence-electron chi connectivity index (χ4n) is 4.97. The predicted molar refractivity (Wildman–Crippen MR) is 160 cm³/mol. The Labute approximate surface area is 229 Å². The number of fused-ring (bicyclic) bond motifs is 8. The van der Waals surface area contributed by atoms with E-state index < -0.39 is 0 Å². The smallest absolute Gasteiger partial charge is 0.0738 e. The van der Waals surface area contributed by atoms with Crippen LogP contribution in [0.5, 0.6) is 0 Å². The largest absolute Gasteiger partial charge is 0.355 e. The topological polar surface area (TPSA) is 57.4 Å². The molecule has 0 saturated carbocycles. The van der Waals surface area contributed by atoms with Crippen LogP contribution in [-0.4, -0.2) is 19.9 Å². The molecule has 4 nitrogen and oxygen atoms in total. The third-order valence-electron chi connectivity index (χ3n) is 6.68. The van der Waals surface area contributed by atoms with Crippen molar-refractivity contribution in [1.29, 1.82) is 0 Å². The Hall–Kier alpha value is -4.38. The highest BCUT2D eigenvalue weighted by Crippen LogP contribution is 2.36. The van der Waals surface area contributed by atoms with Crippen LogP contribution in [0.4, 0.5) is 0 Å². The van der Waals surface area contributed by atoms with Gasteiger partial charge >= 0.3 is 0 Å². The summed E-state index contributed by atoms with van der Waals surface area (Å²) in [5, 5.41) is 1.34.